The smallest absolute Gasteiger partial charge is 0.288 e. The van der Waals surface area contributed by atoms with Crippen LogP contribution >= 0.6 is 11.8 Å². The number of halogens is 7. The highest BCUT2D eigenvalue weighted by atomic mass is 32.2. The van der Waals surface area contributed by atoms with E-state index < -0.39 is 42.4 Å². The predicted molar refractivity (Wildman–Crippen MR) is 53.4 cm³/mol. The summed E-state index contributed by atoms with van der Waals surface area (Å²) in [5.41, 5.74) is 0. The Balaban J connectivity index is 4.45. The molecule has 0 aliphatic carbocycles. The lowest BCUT2D eigenvalue weighted by atomic mass is 10.0. The van der Waals surface area contributed by atoms with E-state index >= 15 is 0 Å². The van der Waals surface area contributed by atoms with Crippen LogP contribution in [0.25, 0.3) is 0 Å². The van der Waals surface area contributed by atoms with E-state index in [9.17, 15) is 35.5 Å². The number of alkyl halides is 7. The largest absolute Gasteiger partial charge is 0.312 e. The van der Waals surface area contributed by atoms with Crippen molar-refractivity contribution >= 4 is 16.9 Å². The first kappa shape index (κ1) is 17.5. The summed E-state index contributed by atoms with van der Waals surface area (Å²) in [4.78, 5) is 10.4. The van der Waals surface area contributed by atoms with E-state index in [1.807, 2.05) is 0 Å². The molecule has 0 aliphatic rings. The molecule has 0 saturated carbocycles. The van der Waals surface area contributed by atoms with Crippen molar-refractivity contribution in [1.29, 1.82) is 0 Å². The zero-order valence-electron chi connectivity index (χ0n) is 9.19. The summed E-state index contributed by atoms with van der Waals surface area (Å²) in [7, 11) is 0. The Hall–Kier alpha value is -0.470. The van der Waals surface area contributed by atoms with Crippen LogP contribution in [0.4, 0.5) is 30.7 Å². The predicted octanol–water partition coefficient (Wildman–Crippen LogP) is 3.57. The third kappa shape index (κ3) is 5.03. The van der Waals surface area contributed by atoms with Crippen LogP contribution in [-0.2, 0) is 4.79 Å². The Kier molecular flexibility index (Phi) is 7.01. The second-order valence-corrected chi connectivity index (χ2v) is 4.72. The topological polar surface area (TPSA) is 17.1 Å². The minimum atomic E-state index is -4.85. The molecule has 108 valence electrons. The molecule has 0 bridgehead atoms. The van der Waals surface area contributed by atoms with E-state index in [0.29, 0.717) is 11.8 Å². The van der Waals surface area contributed by atoms with Gasteiger partial charge in [0.2, 0.25) is 6.17 Å². The Morgan fingerprint density at radius 1 is 1.17 bits per heavy atom. The zero-order chi connectivity index (χ0) is 14.5. The summed E-state index contributed by atoms with van der Waals surface area (Å²) in [6, 6.07) is 0. The van der Waals surface area contributed by atoms with Gasteiger partial charge in [-0.1, -0.05) is 11.8 Å². The molecule has 3 unspecified atom stereocenters. The zero-order valence-corrected chi connectivity index (χ0v) is 10.0. The van der Waals surface area contributed by atoms with Crippen molar-refractivity contribution in [2.45, 2.75) is 44.2 Å². The molecule has 0 aromatic carbocycles. The number of carbonyl (C=O) groups is 1. The summed E-state index contributed by atoms with van der Waals surface area (Å²) >= 11 is 0.526. The van der Waals surface area contributed by atoms with Crippen LogP contribution in [0.5, 0.6) is 0 Å². The minimum absolute atomic E-state index is 0.371. The van der Waals surface area contributed by atoms with Gasteiger partial charge < -0.3 is 0 Å². The van der Waals surface area contributed by atoms with Crippen LogP contribution in [0.2, 0.25) is 0 Å². The van der Waals surface area contributed by atoms with Crippen molar-refractivity contribution in [3.63, 3.8) is 0 Å². The molecule has 0 aromatic heterocycles. The van der Waals surface area contributed by atoms with Crippen molar-refractivity contribution in [3.05, 3.63) is 0 Å². The van der Waals surface area contributed by atoms with Crippen molar-refractivity contribution in [2.24, 2.45) is 0 Å². The molecule has 0 spiro atoms. The molecule has 0 rings (SSSR count). The highest BCUT2D eigenvalue weighted by Gasteiger charge is 2.54. The van der Waals surface area contributed by atoms with E-state index in [0.717, 1.165) is 6.92 Å². The molecule has 0 fully saturated rings. The van der Waals surface area contributed by atoms with Crippen LogP contribution in [0.1, 0.15) is 13.3 Å². The molecule has 0 amide bonds. The maximum atomic E-state index is 13.0. The molecule has 0 radical (unpaired) electrons. The maximum absolute atomic E-state index is 13.0. The number of rotatable bonds is 7. The number of hydrogen-bond donors (Lipinski definition) is 0. The van der Waals surface area contributed by atoms with E-state index in [1.165, 1.54) is 0 Å². The standard InChI is InChI=1S/C9H11F7OS/c1-4(17)18-3-2-5(10)9(15,16)7(12)6(11)8(13)14/h5-8H,2-3H2,1H3. The summed E-state index contributed by atoms with van der Waals surface area (Å²) in [6.07, 6.45) is -15.7. The first-order valence-electron chi connectivity index (χ1n) is 4.82. The lowest BCUT2D eigenvalue weighted by Crippen LogP contribution is -2.47. The van der Waals surface area contributed by atoms with E-state index in [2.05, 4.69) is 0 Å². The van der Waals surface area contributed by atoms with Gasteiger partial charge in [-0.05, 0) is 6.42 Å². The van der Waals surface area contributed by atoms with Gasteiger partial charge >= 0.3 is 5.92 Å². The van der Waals surface area contributed by atoms with Gasteiger partial charge in [0.15, 0.2) is 17.5 Å². The van der Waals surface area contributed by atoms with Gasteiger partial charge in [-0.2, -0.15) is 0 Å². The molecule has 0 saturated heterocycles. The van der Waals surface area contributed by atoms with Crippen LogP contribution < -0.4 is 0 Å². The van der Waals surface area contributed by atoms with Gasteiger partial charge in [0.05, 0.1) is 0 Å². The fourth-order valence-electron chi connectivity index (χ4n) is 1.01. The van der Waals surface area contributed by atoms with Crippen molar-refractivity contribution in [2.75, 3.05) is 5.75 Å². The number of carbonyl (C=O) groups excluding carboxylic acids is 1. The van der Waals surface area contributed by atoms with Gasteiger partial charge in [-0.25, -0.2) is 30.7 Å². The Morgan fingerprint density at radius 3 is 2.06 bits per heavy atom. The normalized spacial score (nSPS) is 17.6. The molecular formula is C9H11F7OS. The van der Waals surface area contributed by atoms with Gasteiger partial charge in [0.25, 0.3) is 6.43 Å². The van der Waals surface area contributed by atoms with E-state index in [4.69, 9.17) is 0 Å². The monoisotopic (exact) mass is 300 g/mol. The van der Waals surface area contributed by atoms with Crippen LogP contribution in [0.3, 0.4) is 0 Å². The third-order valence-corrected chi connectivity index (χ3v) is 2.83. The molecule has 1 nitrogen and oxygen atoms in total. The lowest BCUT2D eigenvalue weighted by molar-refractivity contribution is -0.164. The fourth-order valence-corrected chi connectivity index (χ4v) is 1.62. The number of thioether (sulfide) groups is 1. The summed E-state index contributed by atoms with van der Waals surface area (Å²) in [5, 5.41) is -0.460. The maximum Gasteiger partial charge on any atom is 0.312 e. The quantitative estimate of drug-likeness (QED) is 0.669. The Bertz CT molecular complexity index is 274. The summed E-state index contributed by atoms with van der Waals surface area (Å²) < 4.78 is 87.4. The second kappa shape index (κ2) is 7.20. The molecular weight excluding hydrogens is 289 g/mol. The van der Waals surface area contributed by atoms with E-state index in [-0.39, 0.29) is 5.75 Å². The molecule has 0 heterocycles. The van der Waals surface area contributed by atoms with Crippen LogP contribution in [-0.4, -0.2) is 41.7 Å². The first-order chi connectivity index (χ1) is 8.10. The molecule has 0 aromatic rings. The lowest BCUT2D eigenvalue weighted by Gasteiger charge is -2.25. The highest BCUT2D eigenvalue weighted by molar-refractivity contribution is 8.13. The van der Waals surface area contributed by atoms with Gasteiger partial charge in [-0.15, -0.1) is 0 Å². The van der Waals surface area contributed by atoms with Crippen molar-refractivity contribution in [3.8, 4) is 0 Å². The Morgan fingerprint density at radius 2 is 1.67 bits per heavy atom. The van der Waals surface area contributed by atoms with Crippen molar-refractivity contribution < 1.29 is 35.5 Å². The highest BCUT2D eigenvalue weighted by Crippen LogP contribution is 2.35. The molecule has 9 heteroatoms. The fraction of sp³-hybridized carbons (Fsp3) is 0.889. The van der Waals surface area contributed by atoms with Crippen molar-refractivity contribution in [1.82, 2.24) is 0 Å². The van der Waals surface area contributed by atoms with Gasteiger partial charge in [-0.3, -0.25) is 4.79 Å². The van der Waals surface area contributed by atoms with E-state index in [1.54, 1.807) is 0 Å². The second-order valence-electron chi connectivity index (χ2n) is 3.45. The SMILES string of the molecule is CC(=O)SCCC(F)C(F)(F)C(F)C(F)C(F)F. The van der Waals surface area contributed by atoms with Crippen LogP contribution in [0, 0.1) is 0 Å². The Labute approximate surface area is 103 Å². The third-order valence-electron chi connectivity index (χ3n) is 1.98. The van der Waals surface area contributed by atoms with Crippen LogP contribution in [0.15, 0.2) is 0 Å². The molecule has 18 heavy (non-hydrogen) atoms. The summed E-state index contributed by atoms with van der Waals surface area (Å²) in [6.45, 7) is 1.11. The first-order valence-corrected chi connectivity index (χ1v) is 5.80. The average Bonchev–Trinajstić information content (AvgIpc) is 2.25. The molecule has 0 N–H and O–H groups in total. The molecule has 0 aliphatic heterocycles. The summed E-state index contributed by atoms with van der Waals surface area (Å²) in [5.74, 6) is -5.22. The average molecular weight is 300 g/mol. The van der Waals surface area contributed by atoms with Gasteiger partial charge in [0.1, 0.15) is 0 Å². The molecule has 3 atom stereocenters. The number of hydrogen-bond acceptors (Lipinski definition) is 2. The minimum Gasteiger partial charge on any atom is -0.288 e. The van der Waals surface area contributed by atoms with Gasteiger partial charge in [0, 0.05) is 12.7 Å².